The van der Waals surface area contributed by atoms with E-state index in [0.29, 0.717) is 0 Å². The highest BCUT2D eigenvalue weighted by Gasteiger charge is 2.23. The molecule has 0 aliphatic heterocycles. The lowest BCUT2D eigenvalue weighted by Gasteiger charge is -2.16. The zero-order valence-electron chi connectivity index (χ0n) is 35.7. The first-order chi connectivity index (χ1) is 32.7. The van der Waals surface area contributed by atoms with E-state index in [1.807, 2.05) is 11.3 Å². The molecule has 4 heteroatoms. The van der Waals surface area contributed by atoms with Gasteiger partial charge in [-0.2, -0.15) is 0 Å². The van der Waals surface area contributed by atoms with Crippen molar-refractivity contribution in [2.24, 2.45) is 0 Å². The van der Waals surface area contributed by atoms with E-state index in [4.69, 9.17) is 9.40 Å². The maximum Gasteiger partial charge on any atom is 0.137 e. The SMILES string of the molecule is C1=CCc2c(ccc3ccc(-c4ccccc4)nc23)C(c2cc(-c3ccccc3)cc3oc4cc(-n5c6ccccc6c6cc(-c7cccc8sc9ccccc9c78)ccc65)ccc4c23)=C1. The molecule has 1 aliphatic rings. The number of benzene rings is 9. The van der Waals surface area contributed by atoms with Crippen molar-refractivity contribution in [2.75, 3.05) is 0 Å². The van der Waals surface area contributed by atoms with Crippen molar-refractivity contribution >= 4 is 91.7 Å². The Labute approximate surface area is 384 Å². The fraction of sp³-hybridized carbons (Fsp3) is 0.0161. The first-order valence-electron chi connectivity index (χ1n) is 22.6. The van der Waals surface area contributed by atoms with Gasteiger partial charge in [0.05, 0.1) is 22.2 Å². The normalized spacial score (nSPS) is 12.8. The molecule has 0 radical (unpaired) electrons. The van der Waals surface area contributed by atoms with E-state index in [2.05, 4.69) is 223 Å². The Hall–Kier alpha value is -8.31. The van der Waals surface area contributed by atoms with E-state index >= 15 is 0 Å². The Morgan fingerprint density at radius 2 is 1.24 bits per heavy atom. The van der Waals surface area contributed by atoms with Crippen molar-refractivity contribution in [3.8, 4) is 39.2 Å². The van der Waals surface area contributed by atoms with Gasteiger partial charge in [-0.1, -0.05) is 152 Å². The molecule has 0 saturated carbocycles. The van der Waals surface area contributed by atoms with Crippen LogP contribution in [0.3, 0.4) is 0 Å². The minimum Gasteiger partial charge on any atom is -0.456 e. The van der Waals surface area contributed by atoms with Crippen LogP contribution in [-0.4, -0.2) is 9.55 Å². The van der Waals surface area contributed by atoms with Gasteiger partial charge in [0.15, 0.2) is 0 Å². The van der Waals surface area contributed by atoms with Gasteiger partial charge in [0.2, 0.25) is 0 Å². The fourth-order valence-corrected chi connectivity index (χ4v) is 11.8. The first kappa shape index (κ1) is 37.1. The van der Waals surface area contributed by atoms with Gasteiger partial charge in [-0.15, -0.1) is 11.3 Å². The van der Waals surface area contributed by atoms with Crippen molar-refractivity contribution in [2.45, 2.75) is 6.42 Å². The number of rotatable bonds is 5. The second kappa shape index (κ2) is 14.6. The summed E-state index contributed by atoms with van der Waals surface area (Å²) in [5.41, 5.74) is 17.7. The van der Waals surface area contributed by atoms with E-state index < -0.39 is 0 Å². The van der Waals surface area contributed by atoms with E-state index in [1.165, 1.54) is 53.2 Å². The van der Waals surface area contributed by atoms with Crippen molar-refractivity contribution in [1.82, 2.24) is 9.55 Å². The molecular weight excluding hydrogens is 821 g/mol. The Kier molecular flexibility index (Phi) is 8.21. The van der Waals surface area contributed by atoms with Gasteiger partial charge in [-0.3, -0.25) is 0 Å². The Bertz CT molecular complexity index is 4190. The number of pyridine rings is 1. The van der Waals surface area contributed by atoms with Gasteiger partial charge in [0, 0.05) is 64.4 Å². The molecule has 0 bridgehead atoms. The Morgan fingerprint density at radius 3 is 2.14 bits per heavy atom. The quantitative estimate of drug-likeness (QED) is 0.173. The van der Waals surface area contributed by atoms with Gasteiger partial charge in [0.25, 0.3) is 0 Å². The summed E-state index contributed by atoms with van der Waals surface area (Å²) in [6.45, 7) is 0. The second-order valence-corrected chi connectivity index (χ2v) is 18.4. The number of nitrogens with zero attached hydrogens (tertiary/aromatic N) is 2. The number of hydrogen-bond donors (Lipinski definition) is 0. The number of aromatic nitrogens is 2. The predicted molar refractivity (Wildman–Crippen MR) is 279 cm³/mol. The molecule has 13 aromatic rings. The topological polar surface area (TPSA) is 31.0 Å². The lowest BCUT2D eigenvalue weighted by Crippen LogP contribution is -1.98. The van der Waals surface area contributed by atoms with Crippen LogP contribution in [-0.2, 0) is 6.42 Å². The summed E-state index contributed by atoms with van der Waals surface area (Å²) in [5.74, 6) is 0. The molecular formula is C62H38N2OS. The highest BCUT2D eigenvalue weighted by atomic mass is 32.1. The maximum absolute atomic E-state index is 7.04. The Morgan fingerprint density at radius 1 is 0.470 bits per heavy atom. The van der Waals surface area contributed by atoms with Crippen LogP contribution in [0.25, 0.3) is 120 Å². The number of thiophene rings is 1. The molecule has 0 amide bonds. The van der Waals surface area contributed by atoms with Crippen molar-refractivity contribution < 1.29 is 4.42 Å². The minimum atomic E-state index is 0.787. The summed E-state index contributed by atoms with van der Waals surface area (Å²) in [4.78, 5) is 5.33. The zero-order valence-corrected chi connectivity index (χ0v) is 36.5. The van der Waals surface area contributed by atoms with Crippen LogP contribution in [0.15, 0.2) is 223 Å². The molecule has 0 atom stereocenters. The molecule has 0 saturated heterocycles. The number of furan rings is 1. The highest BCUT2D eigenvalue weighted by molar-refractivity contribution is 7.25. The molecule has 308 valence electrons. The number of fused-ring (bicyclic) bond motifs is 12. The smallest absolute Gasteiger partial charge is 0.137 e. The monoisotopic (exact) mass is 858 g/mol. The summed E-state index contributed by atoms with van der Waals surface area (Å²) < 4.78 is 12.1. The molecule has 9 aromatic carbocycles. The van der Waals surface area contributed by atoms with E-state index in [9.17, 15) is 0 Å². The average molecular weight is 859 g/mol. The zero-order chi connectivity index (χ0) is 43.3. The van der Waals surface area contributed by atoms with E-state index in [-0.39, 0.29) is 0 Å². The van der Waals surface area contributed by atoms with Crippen molar-refractivity contribution in [3.63, 3.8) is 0 Å². The Balaban J connectivity index is 0.956. The van der Waals surface area contributed by atoms with Crippen LogP contribution < -0.4 is 0 Å². The molecule has 0 unspecified atom stereocenters. The summed E-state index contributed by atoms with van der Waals surface area (Å²) in [7, 11) is 0. The van der Waals surface area contributed by atoms with Crippen molar-refractivity contribution in [3.05, 3.63) is 235 Å². The van der Waals surface area contributed by atoms with Crippen molar-refractivity contribution in [1.29, 1.82) is 0 Å². The molecule has 4 heterocycles. The maximum atomic E-state index is 7.04. The second-order valence-electron chi connectivity index (χ2n) is 17.3. The summed E-state index contributed by atoms with van der Waals surface area (Å²) in [6.07, 6.45) is 7.54. The van der Waals surface area contributed by atoms with Crippen LogP contribution in [0.5, 0.6) is 0 Å². The van der Waals surface area contributed by atoms with Gasteiger partial charge in [-0.25, -0.2) is 4.98 Å². The molecule has 0 spiro atoms. The van der Waals surface area contributed by atoms with E-state index in [0.717, 1.165) is 89.5 Å². The predicted octanol–water partition coefficient (Wildman–Crippen LogP) is 17.1. The lowest BCUT2D eigenvalue weighted by molar-refractivity contribution is 0.669. The molecule has 14 rings (SSSR count). The standard InChI is InChI=1S/C62H38N2OS/c1-3-14-38(15-4-1)42-35-52(45-18-7-8-20-48-46(45)30-26-40-27-32-53(63-62(40)48)39-16-5-2-6-17-39)60-49-31-29-43(37-56(49)65-57(60)36-42)64-54-23-11-9-19-47(54)51-34-41(28-33-55(51)64)44-22-13-25-59-61(44)50-21-10-12-24-58(50)66-59/h1-19,21-37H,20H2. The number of allylic oxidation sites excluding steroid dienone is 3. The molecule has 0 fully saturated rings. The summed E-state index contributed by atoms with van der Waals surface area (Å²) in [6, 6.07) is 72.6. The van der Waals surface area contributed by atoms with Crippen LogP contribution in [0.4, 0.5) is 0 Å². The van der Waals surface area contributed by atoms with Gasteiger partial charge in [0.1, 0.15) is 11.2 Å². The van der Waals surface area contributed by atoms with Gasteiger partial charge >= 0.3 is 0 Å². The summed E-state index contributed by atoms with van der Waals surface area (Å²) >= 11 is 1.86. The van der Waals surface area contributed by atoms with Crippen LogP contribution in [0.2, 0.25) is 0 Å². The molecule has 1 aliphatic carbocycles. The number of para-hydroxylation sites is 1. The minimum absolute atomic E-state index is 0.787. The number of hydrogen-bond acceptors (Lipinski definition) is 3. The summed E-state index contributed by atoms with van der Waals surface area (Å²) in [5, 5.41) is 8.42. The molecule has 4 aromatic heterocycles. The third kappa shape index (κ3) is 5.72. The van der Waals surface area contributed by atoms with Crippen LogP contribution in [0, 0.1) is 0 Å². The highest BCUT2D eigenvalue weighted by Crippen LogP contribution is 2.45. The fourth-order valence-electron chi connectivity index (χ4n) is 10.6. The third-order valence-corrected chi connectivity index (χ3v) is 14.8. The molecule has 3 nitrogen and oxygen atoms in total. The largest absolute Gasteiger partial charge is 0.456 e. The molecule has 66 heavy (non-hydrogen) atoms. The lowest BCUT2D eigenvalue weighted by atomic mass is 9.87. The van der Waals surface area contributed by atoms with Crippen LogP contribution >= 0.6 is 11.3 Å². The first-order valence-corrected chi connectivity index (χ1v) is 23.4. The van der Waals surface area contributed by atoms with Gasteiger partial charge in [-0.05, 0) is 112 Å². The van der Waals surface area contributed by atoms with Gasteiger partial charge < -0.3 is 8.98 Å². The third-order valence-electron chi connectivity index (χ3n) is 13.6. The molecule has 0 N–H and O–H groups in total. The average Bonchev–Trinajstić information content (AvgIpc) is 4.00. The van der Waals surface area contributed by atoms with Crippen LogP contribution in [0.1, 0.15) is 16.7 Å². The van der Waals surface area contributed by atoms with E-state index in [1.54, 1.807) is 0 Å².